The predicted molar refractivity (Wildman–Crippen MR) is 44.1 cm³/mol. The van der Waals surface area contributed by atoms with Gasteiger partial charge in [0.15, 0.2) is 0 Å². The van der Waals surface area contributed by atoms with Crippen molar-refractivity contribution in [3.05, 3.63) is 0 Å². The number of carbonyl (C=O) groups is 2. The minimum atomic E-state index is -0.277. The highest BCUT2D eigenvalue weighted by molar-refractivity contribution is 5.86. The van der Waals surface area contributed by atoms with Crippen molar-refractivity contribution >= 4 is 11.8 Å². The molecule has 5 heteroatoms. The fraction of sp³-hybridized carbons (Fsp3) is 0.500. The minimum absolute atomic E-state index is 0.0244. The molecule has 0 aromatic heterocycles. The lowest BCUT2D eigenvalue weighted by atomic mass is 10.4. The van der Waals surface area contributed by atoms with Crippen LogP contribution in [0.4, 0.5) is 0 Å². The van der Waals surface area contributed by atoms with E-state index < -0.39 is 0 Å². The van der Waals surface area contributed by atoms with Gasteiger partial charge in [0.2, 0.25) is 5.91 Å². The van der Waals surface area contributed by atoms with Gasteiger partial charge in [-0.25, -0.2) is 5.06 Å². The molecule has 13 heavy (non-hydrogen) atoms. The highest BCUT2D eigenvalue weighted by Gasteiger charge is 2.20. The number of hydroxylamine groups is 2. The molecule has 1 aliphatic heterocycles. The lowest BCUT2D eigenvalue weighted by Crippen LogP contribution is -2.35. The fourth-order valence-electron chi connectivity index (χ4n) is 0.930. The first-order valence-electron chi connectivity index (χ1n) is 3.87. The van der Waals surface area contributed by atoms with Crippen LogP contribution in [0.5, 0.6) is 0 Å². The van der Waals surface area contributed by atoms with Crippen molar-refractivity contribution in [1.82, 2.24) is 10.4 Å². The molecule has 0 aliphatic carbocycles. The van der Waals surface area contributed by atoms with Gasteiger partial charge in [0.05, 0.1) is 13.1 Å². The number of carbonyl (C=O) groups excluding carboxylic acids is 2. The Labute approximate surface area is 76.0 Å². The van der Waals surface area contributed by atoms with Gasteiger partial charge in [-0.1, -0.05) is 5.92 Å². The summed E-state index contributed by atoms with van der Waals surface area (Å²) >= 11 is 0. The summed E-state index contributed by atoms with van der Waals surface area (Å²) in [4.78, 5) is 27.0. The Kier molecular flexibility index (Phi) is 3.29. The summed E-state index contributed by atoms with van der Waals surface area (Å²) in [6.45, 7) is 0.273. The van der Waals surface area contributed by atoms with Crippen molar-refractivity contribution in [2.45, 2.75) is 6.42 Å². The number of amides is 2. The summed E-state index contributed by atoms with van der Waals surface area (Å²) in [5.41, 5.74) is 0. The van der Waals surface area contributed by atoms with E-state index >= 15 is 0 Å². The molecule has 1 aliphatic rings. The molecule has 70 valence electrons. The van der Waals surface area contributed by atoms with Crippen LogP contribution in [-0.2, 0) is 14.4 Å². The van der Waals surface area contributed by atoms with Gasteiger partial charge in [-0.05, 0) is 0 Å². The predicted octanol–water partition coefficient (Wildman–Crippen LogP) is -1.10. The Morgan fingerprint density at radius 2 is 2.38 bits per heavy atom. The van der Waals surface area contributed by atoms with Crippen LogP contribution in [-0.4, -0.2) is 36.6 Å². The molecule has 0 spiro atoms. The van der Waals surface area contributed by atoms with Crippen LogP contribution in [0, 0.1) is 12.3 Å². The summed E-state index contributed by atoms with van der Waals surface area (Å²) in [6.07, 6.45) is 5.21. The number of rotatable bonds is 2. The minimum Gasteiger partial charge on any atom is -0.347 e. The van der Waals surface area contributed by atoms with Gasteiger partial charge in [0, 0.05) is 6.42 Å². The Bertz CT molecular complexity index is 257. The summed E-state index contributed by atoms with van der Waals surface area (Å²) in [6, 6.07) is 0. The van der Waals surface area contributed by atoms with Crippen LogP contribution in [0.1, 0.15) is 6.42 Å². The standard InChI is InChI=1S/C8H10N2O3/c1-2-5-13-10-4-3-7(11)9-6-8(10)12/h1H,3-6H2,(H,9,11). The lowest BCUT2D eigenvalue weighted by Gasteiger charge is -2.16. The molecule has 0 radical (unpaired) electrons. The monoisotopic (exact) mass is 182 g/mol. The summed E-state index contributed by atoms with van der Waals surface area (Å²) in [5.74, 6) is 1.82. The molecule has 0 aromatic rings. The van der Waals surface area contributed by atoms with Crippen molar-refractivity contribution in [3.63, 3.8) is 0 Å². The number of hydrogen-bond acceptors (Lipinski definition) is 3. The third kappa shape index (κ3) is 2.76. The quantitative estimate of drug-likeness (QED) is 0.551. The molecule has 0 aromatic carbocycles. The van der Waals surface area contributed by atoms with Crippen LogP contribution < -0.4 is 5.32 Å². The van der Waals surface area contributed by atoms with E-state index in [2.05, 4.69) is 11.2 Å². The summed E-state index contributed by atoms with van der Waals surface area (Å²) < 4.78 is 0. The zero-order chi connectivity index (χ0) is 9.68. The maximum absolute atomic E-state index is 11.2. The third-order valence-corrected chi connectivity index (χ3v) is 1.56. The van der Waals surface area contributed by atoms with Gasteiger partial charge < -0.3 is 5.32 Å². The number of nitrogens with zero attached hydrogens (tertiary/aromatic N) is 1. The smallest absolute Gasteiger partial charge is 0.265 e. The molecule has 1 fully saturated rings. The van der Waals surface area contributed by atoms with Crippen LogP contribution >= 0.6 is 0 Å². The summed E-state index contributed by atoms with van der Waals surface area (Å²) in [7, 11) is 0. The largest absolute Gasteiger partial charge is 0.347 e. The molecular formula is C8H10N2O3. The first-order valence-corrected chi connectivity index (χ1v) is 3.87. The molecule has 1 heterocycles. The van der Waals surface area contributed by atoms with E-state index in [0.29, 0.717) is 0 Å². The van der Waals surface area contributed by atoms with Crippen LogP contribution in [0.15, 0.2) is 0 Å². The van der Waals surface area contributed by atoms with E-state index in [1.807, 2.05) is 0 Å². The summed E-state index contributed by atoms with van der Waals surface area (Å²) in [5, 5.41) is 3.56. The molecule has 1 saturated heterocycles. The number of nitrogens with one attached hydrogen (secondary N) is 1. The lowest BCUT2D eigenvalue weighted by molar-refractivity contribution is -0.178. The molecule has 0 bridgehead atoms. The molecular weight excluding hydrogens is 172 g/mol. The zero-order valence-electron chi connectivity index (χ0n) is 7.08. The highest BCUT2D eigenvalue weighted by atomic mass is 16.7. The Morgan fingerprint density at radius 3 is 3.08 bits per heavy atom. The molecule has 0 unspecified atom stereocenters. The van der Waals surface area contributed by atoms with Crippen molar-refractivity contribution in [3.8, 4) is 12.3 Å². The second-order valence-electron chi connectivity index (χ2n) is 2.50. The Balaban J connectivity index is 2.48. The molecule has 1 N–H and O–H groups in total. The van der Waals surface area contributed by atoms with Gasteiger partial charge in [-0.2, -0.15) is 0 Å². The fourth-order valence-corrected chi connectivity index (χ4v) is 0.930. The topological polar surface area (TPSA) is 58.6 Å². The number of hydrogen-bond donors (Lipinski definition) is 1. The van der Waals surface area contributed by atoms with E-state index in [0.717, 1.165) is 5.06 Å². The van der Waals surface area contributed by atoms with E-state index in [-0.39, 0.29) is 37.9 Å². The van der Waals surface area contributed by atoms with Gasteiger partial charge in [-0.15, -0.1) is 6.42 Å². The van der Waals surface area contributed by atoms with E-state index in [1.165, 1.54) is 0 Å². The Morgan fingerprint density at radius 1 is 1.62 bits per heavy atom. The zero-order valence-corrected chi connectivity index (χ0v) is 7.08. The molecule has 0 saturated carbocycles. The average Bonchev–Trinajstić information content (AvgIpc) is 2.28. The highest BCUT2D eigenvalue weighted by Crippen LogP contribution is 1.98. The van der Waals surface area contributed by atoms with Gasteiger partial charge in [-0.3, -0.25) is 14.4 Å². The van der Waals surface area contributed by atoms with Gasteiger partial charge >= 0.3 is 0 Å². The van der Waals surface area contributed by atoms with Crippen molar-refractivity contribution in [1.29, 1.82) is 0 Å². The molecule has 2 amide bonds. The van der Waals surface area contributed by atoms with Crippen LogP contribution in [0.25, 0.3) is 0 Å². The van der Waals surface area contributed by atoms with Crippen LogP contribution in [0.2, 0.25) is 0 Å². The second kappa shape index (κ2) is 4.48. The van der Waals surface area contributed by atoms with Crippen LogP contribution in [0.3, 0.4) is 0 Å². The normalized spacial score (nSPS) is 17.6. The van der Waals surface area contributed by atoms with Gasteiger partial charge in [0.25, 0.3) is 5.91 Å². The van der Waals surface area contributed by atoms with E-state index in [1.54, 1.807) is 0 Å². The van der Waals surface area contributed by atoms with Gasteiger partial charge in [0.1, 0.15) is 6.61 Å². The SMILES string of the molecule is C#CCON1CCC(=O)NCC1=O. The Hall–Kier alpha value is -1.54. The average molecular weight is 182 g/mol. The molecule has 0 atom stereocenters. The third-order valence-electron chi connectivity index (χ3n) is 1.56. The van der Waals surface area contributed by atoms with Crippen molar-refractivity contribution in [2.75, 3.05) is 19.7 Å². The number of terminal acetylenes is 1. The van der Waals surface area contributed by atoms with Crippen molar-refractivity contribution in [2.24, 2.45) is 0 Å². The maximum atomic E-state index is 11.2. The van der Waals surface area contributed by atoms with E-state index in [9.17, 15) is 9.59 Å². The first-order chi connectivity index (χ1) is 6.24. The molecule has 1 rings (SSSR count). The van der Waals surface area contributed by atoms with Crippen molar-refractivity contribution < 1.29 is 14.4 Å². The second-order valence-corrected chi connectivity index (χ2v) is 2.50. The first kappa shape index (κ1) is 9.55. The maximum Gasteiger partial charge on any atom is 0.265 e. The van der Waals surface area contributed by atoms with E-state index in [4.69, 9.17) is 11.3 Å². The molecule has 5 nitrogen and oxygen atoms in total.